The maximum absolute atomic E-state index is 10.9. The Morgan fingerprint density at radius 2 is 1.91 bits per heavy atom. The number of hydrogen-bond acceptors (Lipinski definition) is 4. The van der Waals surface area contributed by atoms with Crippen molar-refractivity contribution in [2.45, 2.75) is 0 Å². The minimum absolute atomic E-state index is 0.282. The van der Waals surface area contributed by atoms with E-state index in [4.69, 9.17) is 0 Å². The van der Waals surface area contributed by atoms with E-state index in [0.717, 1.165) is 0 Å². The molecule has 0 saturated carbocycles. The summed E-state index contributed by atoms with van der Waals surface area (Å²) in [7, 11) is 0. The van der Waals surface area contributed by atoms with Crippen LogP contribution in [0.25, 0.3) is 0 Å². The van der Waals surface area contributed by atoms with Crippen molar-refractivity contribution in [1.29, 1.82) is 0 Å². The first kappa shape index (κ1) is 6.02. The van der Waals surface area contributed by atoms with Crippen LogP contribution in [0.4, 0.5) is 11.5 Å². The molecule has 6 nitrogen and oxygen atoms in total. The molecule has 2 radical (unpaired) electrons. The Morgan fingerprint density at radius 1 is 1.09 bits per heavy atom. The van der Waals surface area contributed by atoms with E-state index in [1.54, 1.807) is 0 Å². The van der Waals surface area contributed by atoms with Crippen LogP contribution in [0, 0.1) is 6.67 Å². The first-order valence-corrected chi connectivity index (χ1v) is 2.91. The number of hydrogen-bond donors (Lipinski definition) is 4. The van der Waals surface area contributed by atoms with Crippen LogP contribution in [0.2, 0.25) is 0 Å². The minimum atomic E-state index is -0.535. The summed E-state index contributed by atoms with van der Waals surface area (Å²) in [6.07, 6.45) is 0. The summed E-state index contributed by atoms with van der Waals surface area (Å²) >= 11 is 0. The molecular weight excluding hydrogens is 148 g/mol. The fourth-order valence-electron chi connectivity index (χ4n) is 0.856. The quantitative estimate of drug-likeness (QED) is 0.379. The summed E-state index contributed by atoms with van der Waals surface area (Å²) in [5.41, 5.74) is -0.711. The van der Waals surface area contributed by atoms with E-state index >= 15 is 0 Å². The second-order valence-electron chi connectivity index (χ2n) is 2.03. The van der Waals surface area contributed by atoms with Crippen molar-refractivity contribution in [3.05, 3.63) is 27.5 Å². The van der Waals surface area contributed by atoms with Crippen molar-refractivity contribution in [3.8, 4) is 0 Å². The SMILES string of the molecule is O=c1[nH]c2c(c(=O)[nH]1)N[C]N2. The van der Waals surface area contributed by atoms with Crippen LogP contribution < -0.4 is 21.9 Å². The Morgan fingerprint density at radius 3 is 2.73 bits per heavy atom. The number of nitrogens with one attached hydrogen (secondary N) is 4. The third kappa shape index (κ3) is 0.794. The molecule has 0 bridgehead atoms. The lowest BCUT2D eigenvalue weighted by atomic mass is 10.5. The van der Waals surface area contributed by atoms with Crippen LogP contribution in [-0.4, -0.2) is 9.97 Å². The molecule has 0 saturated heterocycles. The lowest BCUT2D eigenvalue weighted by Gasteiger charge is -1.92. The van der Waals surface area contributed by atoms with Gasteiger partial charge >= 0.3 is 5.69 Å². The fourth-order valence-corrected chi connectivity index (χ4v) is 0.856. The molecule has 0 aliphatic carbocycles. The van der Waals surface area contributed by atoms with Gasteiger partial charge in [0.05, 0.1) is 0 Å². The standard InChI is InChI=1S/C5H4N4O2/c10-4-2-3(7-1-6-2)8-5(11)9-4/h6H,(H3,7,8,9,10,11). The summed E-state index contributed by atoms with van der Waals surface area (Å²) in [5, 5.41) is 5.07. The van der Waals surface area contributed by atoms with Crippen molar-refractivity contribution in [2.24, 2.45) is 0 Å². The number of aromatic nitrogens is 2. The Bertz CT molecular complexity index is 390. The molecule has 56 valence electrons. The van der Waals surface area contributed by atoms with Crippen LogP contribution in [0.5, 0.6) is 0 Å². The molecule has 0 amide bonds. The van der Waals surface area contributed by atoms with Gasteiger partial charge in [-0.25, -0.2) is 4.79 Å². The number of H-pyrrole nitrogens is 2. The monoisotopic (exact) mass is 152 g/mol. The maximum Gasteiger partial charge on any atom is 0.327 e. The molecule has 2 rings (SSSR count). The van der Waals surface area contributed by atoms with Crippen LogP contribution >= 0.6 is 0 Å². The molecule has 4 N–H and O–H groups in total. The predicted octanol–water partition coefficient (Wildman–Crippen LogP) is -1.10. The highest BCUT2D eigenvalue weighted by Gasteiger charge is 2.14. The lowest BCUT2D eigenvalue weighted by molar-refractivity contribution is 1.05. The van der Waals surface area contributed by atoms with E-state index in [1.165, 1.54) is 0 Å². The molecule has 1 aliphatic rings. The van der Waals surface area contributed by atoms with E-state index in [2.05, 4.69) is 27.3 Å². The molecule has 1 aromatic rings. The number of rotatable bonds is 0. The summed E-state index contributed by atoms with van der Waals surface area (Å²) in [5.74, 6) is 0.346. The second-order valence-corrected chi connectivity index (χ2v) is 2.03. The Hall–Kier alpha value is -1.72. The Balaban J connectivity index is 2.80. The topological polar surface area (TPSA) is 89.8 Å². The van der Waals surface area contributed by atoms with Gasteiger partial charge in [-0.3, -0.25) is 14.8 Å². The van der Waals surface area contributed by atoms with Gasteiger partial charge in [-0.2, -0.15) is 0 Å². The molecule has 0 unspecified atom stereocenters. The maximum atomic E-state index is 10.9. The van der Waals surface area contributed by atoms with Crippen molar-refractivity contribution < 1.29 is 0 Å². The van der Waals surface area contributed by atoms with Gasteiger partial charge < -0.3 is 10.6 Å². The number of aromatic amines is 2. The molecule has 0 aromatic carbocycles. The van der Waals surface area contributed by atoms with Gasteiger partial charge in [0, 0.05) is 0 Å². The van der Waals surface area contributed by atoms with Crippen molar-refractivity contribution in [3.63, 3.8) is 0 Å². The first-order valence-electron chi connectivity index (χ1n) is 2.91. The largest absolute Gasteiger partial charge is 0.348 e. The normalized spacial score (nSPS) is 13.5. The first-order chi connectivity index (χ1) is 5.27. The van der Waals surface area contributed by atoms with E-state index in [1.807, 2.05) is 0 Å². The van der Waals surface area contributed by atoms with Gasteiger partial charge in [-0.15, -0.1) is 0 Å². The third-order valence-electron chi connectivity index (χ3n) is 1.32. The van der Waals surface area contributed by atoms with Crippen molar-refractivity contribution >= 4 is 11.5 Å². The van der Waals surface area contributed by atoms with Crippen molar-refractivity contribution in [1.82, 2.24) is 9.97 Å². The molecule has 0 atom stereocenters. The molecular formula is C5H4N4O2. The van der Waals surface area contributed by atoms with Gasteiger partial charge in [0.25, 0.3) is 5.56 Å². The Kier molecular flexibility index (Phi) is 1.03. The third-order valence-corrected chi connectivity index (χ3v) is 1.32. The zero-order valence-corrected chi connectivity index (χ0v) is 5.32. The molecule has 1 aliphatic heterocycles. The smallest absolute Gasteiger partial charge is 0.327 e. The minimum Gasteiger partial charge on any atom is -0.348 e. The van der Waals surface area contributed by atoms with Gasteiger partial charge in [0.2, 0.25) is 6.67 Å². The van der Waals surface area contributed by atoms with E-state index < -0.39 is 11.2 Å². The Labute approximate surface area is 60.7 Å². The number of fused-ring (bicyclic) bond motifs is 1. The van der Waals surface area contributed by atoms with E-state index in [0.29, 0.717) is 5.82 Å². The fraction of sp³-hybridized carbons (Fsp3) is 0. The molecule has 1 aromatic heterocycles. The summed E-state index contributed by atoms with van der Waals surface area (Å²) < 4.78 is 0. The molecule has 6 heteroatoms. The van der Waals surface area contributed by atoms with Crippen LogP contribution in [-0.2, 0) is 0 Å². The van der Waals surface area contributed by atoms with Gasteiger partial charge in [-0.1, -0.05) is 0 Å². The highest BCUT2D eigenvalue weighted by Crippen LogP contribution is 2.16. The molecule has 11 heavy (non-hydrogen) atoms. The number of anilines is 2. The highest BCUT2D eigenvalue weighted by molar-refractivity contribution is 5.69. The predicted molar refractivity (Wildman–Crippen MR) is 38.2 cm³/mol. The van der Waals surface area contributed by atoms with Gasteiger partial charge in [-0.05, 0) is 0 Å². The molecule has 2 heterocycles. The van der Waals surface area contributed by atoms with Crippen LogP contribution in [0.1, 0.15) is 0 Å². The summed E-state index contributed by atoms with van der Waals surface area (Å²) in [6, 6.07) is 0. The molecule has 0 spiro atoms. The van der Waals surface area contributed by atoms with Gasteiger partial charge in [0.1, 0.15) is 11.5 Å². The summed E-state index contributed by atoms with van der Waals surface area (Å²) in [6.45, 7) is 2.47. The van der Waals surface area contributed by atoms with Crippen LogP contribution in [0.3, 0.4) is 0 Å². The average molecular weight is 152 g/mol. The van der Waals surface area contributed by atoms with E-state index in [9.17, 15) is 9.59 Å². The lowest BCUT2D eigenvalue weighted by Crippen LogP contribution is -2.22. The van der Waals surface area contributed by atoms with Crippen LogP contribution in [0.15, 0.2) is 9.59 Å². The zero-order chi connectivity index (χ0) is 7.84. The summed E-state index contributed by atoms with van der Waals surface area (Å²) in [4.78, 5) is 26.0. The van der Waals surface area contributed by atoms with Gasteiger partial charge in [0.15, 0.2) is 0 Å². The average Bonchev–Trinajstić information content (AvgIpc) is 2.34. The second kappa shape index (κ2) is 1.88. The van der Waals surface area contributed by atoms with Crippen molar-refractivity contribution in [2.75, 3.05) is 10.6 Å². The highest BCUT2D eigenvalue weighted by atomic mass is 16.2. The van der Waals surface area contributed by atoms with E-state index in [-0.39, 0.29) is 5.69 Å². The zero-order valence-electron chi connectivity index (χ0n) is 5.32. The molecule has 0 fully saturated rings.